The van der Waals surface area contributed by atoms with Gasteiger partial charge in [-0.1, -0.05) is 40.9 Å². The van der Waals surface area contributed by atoms with E-state index in [0.29, 0.717) is 48.8 Å². The molecule has 3 aromatic rings. The topological polar surface area (TPSA) is 52.6 Å². The largest absolute Gasteiger partial charge is 0.485 e. The molecule has 0 radical (unpaired) electrons. The quantitative estimate of drug-likeness (QED) is 0.301. The zero-order chi connectivity index (χ0) is 22.1. The molecular formula is C24H15Cl3O4. The van der Waals surface area contributed by atoms with Crippen LogP contribution >= 0.6 is 34.8 Å². The zero-order valence-electron chi connectivity index (χ0n) is 16.2. The molecule has 7 heteroatoms. The number of halogens is 3. The Labute approximate surface area is 193 Å². The van der Waals surface area contributed by atoms with Gasteiger partial charge in [-0.3, -0.25) is 9.59 Å². The summed E-state index contributed by atoms with van der Waals surface area (Å²) in [5, 5.41) is 1.46. The van der Waals surface area contributed by atoms with Crippen LogP contribution in [0, 0.1) is 6.92 Å². The Morgan fingerprint density at radius 2 is 1.71 bits per heavy atom. The minimum absolute atomic E-state index is 0.150. The van der Waals surface area contributed by atoms with Gasteiger partial charge in [0.2, 0.25) is 5.78 Å². The van der Waals surface area contributed by atoms with E-state index in [9.17, 15) is 9.59 Å². The lowest BCUT2D eigenvalue weighted by atomic mass is 10.0. The molecule has 31 heavy (non-hydrogen) atoms. The van der Waals surface area contributed by atoms with Gasteiger partial charge in [0.05, 0.1) is 5.56 Å². The fourth-order valence-electron chi connectivity index (χ4n) is 3.19. The first-order chi connectivity index (χ1) is 14.8. The highest BCUT2D eigenvalue weighted by Gasteiger charge is 2.30. The monoisotopic (exact) mass is 472 g/mol. The van der Waals surface area contributed by atoms with Crippen molar-refractivity contribution in [1.82, 2.24) is 0 Å². The van der Waals surface area contributed by atoms with E-state index in [1.807, 2.05) is 0 Å². The molecular weight excluding hydrogens is 459 g/mol. The molecule has 0 atom stereocenters. The average molecular weight is 474 g/mol. The fourth-order valence-corrected chi connectivity index (χ4v) is 3.78. The lowest BCUT2D eigenvalue weighted by molar-refractivity contribution is 0.0920. The van der Waals surface area contributed by atoms with Gasteiger partial charge in [-0.25, -0.2) is 0 Å². The van der Waals surface area contributed by atoms with Crippen molar-refractivity contribution in [2.45, 2.75) is 6.92 Å². The smallest absolute Gasteiger partial charge is 0.232 e. The van der Waals surface area contributed by atoms with Crippen molar-refractivity contribution in [3.63, 3.8) is 0 Å². The first-order valence-electron chi connectivity index (χ1n) is 9.27. The van der Waals surface area contributed by atoms with Gasteiger partial charge in [0, 0.05) is 26.7 Å². The molecule has 4 nitrogen and oxygen atoms in total. The second-order valence-electron chi connectivity index (χ2n) is 6.94. The number of ether oxygens (including phenoxy) is 2. The Hall–Kier alpha value is -2.79. The number of hydrogen-bond acceptors (Lipinski definition) is 4. The summed E-state index contributed by atoms with van der Waals surface area (Å²) in [6.07, 6.45) is 1.57. The van der Waals surface area contributed by atoms with Gasteiger partial charge in [-0.2, -0.15) is 0 Å². The third-order valence-corrected chi connectivity index (χ3v) is 5.54. The van der Waals surface area contributed by atoms with E-state index in [-0.39, 0.29) is 23.9 Å². The van der Waals surface area contributed by atoms with Crippen molar-refractivity contribution in [1.29, 1.82) is 0 Å². The summed E-state index contributed by atoms with van der Waals surface area (Å²) in [7, 11) is 0. The van der Waals surface area contributed by atoms with Crippen molar-refractivity contribution in [2.75, 3.05) is 6.61 Å². The van der Waals surface area contributed by atoms with Crippen LogP contribution in [-0.2, 0) is 0 Å². The first kappa shape index (κ1) is 21.4. The zero-order valence-corrected chi connectivity index (χ0v) is 18.5. The van der Waals surface area contributed by atoms with E-state index < -0.39 is 0 Å². The van der Waals surface area contributed by atoms with Crippen molar-refractivity contribution < 1.29 is 19.1 Å². The van der Waals surface area contributed by atoms with Crippen LogP contribution in [-0.4, -0.2) is 18.2 Å². The van der Waals surface area contributed by atoms with E-state index in [2.05, 4.69) is 0 Å². The molecule has 1 aliphatic heterocycles. The molecule has 0 saturated heterocycles. The number of ketones is 2. The summed E-state index contributed by atoms with van der Waals surface area (Å²) in [4.78, 5) is 25.1. The number of allylic oxidation sites excluding steroid dienone is 1. The van der Waals surface area contributed by atoms with Crippen molar-refractivity contribution in [2.24, 2.45) is 0 Å². The number of hydrogen-bond donors (Lipinski definition) is 0. The summed E-state index contributed by atoms with van der Waals surface area (Å²) in [6.45, 7) is 1.63. The Balaban J connectivity index is 1.53. The molecule has 0 amide bonds. The third-order valence-electron chi connectivity index (χ3n) is 4.73. The Kier molecular flexibility index (Phi) is 6.05. The van der Waals surface area contributed by atoms with Gasteiger partial charge in [0.1, 0.15) is 11.5 Å². The molecule has 1 heterocycles. The minimum atomic E-state index is -0.248. The molecule has 0 N–H and O–H groups in total. The van der Waals surface area contributed by atoms with Crippen LogP contribution in [0.3, 0.4) is 0 Å². The predicted octanol–water partition coefficient (Wildman–Crippen LogP) is 6.83. The van der Waals surface area contributed by atoms with Crippen LogP contribution in [0.25, 0.3) is 6.08 Å². The van der Waals surface area contributed by atoms with Crippen LogP contribution in [0.2, 0.25) is 15.1 Å². The molecule has 156 valence electrons. The van der Waals surface area contributed by atoms with Crippen LogP contribution in [0.4, 0.5) is 0 Å². The second kappa shape index (κ2) is 8.75. The summed E-state index contributed by atoms with van der Waals surface area (Å²) in [6, 6.07) is 14.9. The lowest BCUT2D eigenvalue weighted by Crippen LogP contribution is -2.11. The van der Waals surface area contributed by atoms with E-state index >= 15 is 0 Å². The van der Waals surface area contributed by atoms with Gasteiger partial charge < -0.3 is 9.47 Å². The lowest BCUT2D eigenvalue weighted by Gasteiger charge is -2.09. The third kappa shape index (κ3) is 4.62. The van der Waals surface area contributed by atoms with Gasteiger partial charge in [-0.05, 0) is 66.6 Å². The minimum Gasteiger partial charge on any atom is -0.485 e. The molecule has 0 saturated carbocycles. The van der Waals surface area contributed by atoms with Gasteiger partial charge in [0.15, 0.2) is 18.1 Å². The highest BCUT2D eigenvalue weighted by Crippen LogP contribution is 2.38. The van der Waals surface area contributed by atoms with Crippen molar-refractivity contribution >= 4 is 52.4 Å². The van der Waals surface area contributed by atoms with Gasteiger partial charge in [-0.15, -0.1) is 0 Å². The maximum atomic E-state index is 12.8. The molecule has 0 aromatic heterocycles. The maximum absolute atomic E-state index is 12.8. The SMILES string of the molecule is Cc1cc(OCC(=O)c2ccc(Cl)cc2)cc2c1C(=O)/C(=C/c1ccc(Cl)cc1Cl)O2. The Morgan fingerprint density at radius 3 is 2.42 bits per heavy atom. The normalized spacial score (nSPS) is 13.8. The Morgan fingerprint density at radius 1 is 1.00 bits per heavy atom. The molecule has 0 unspecified atom stereocenters. The van der Waals surface area contributed by atoms with E-state index in [1.165, 1.54) is 0 Å². The van der Waals surface area contributed by atoms with Crippen LogP contribution < -0.4 is 9.47 Å². The van der Waals surface area contributed by atoms with Gasteiger partial charge in [0.25, 0.3) is 0 Å². The predicted molar refractivity (Wildman–Crippen MR) is 122 cm³/mol. The van der Waals surface area contributed by atoms with Crippen molar-refractivity contribution in [3.05, 3.63) is 97.7 Å². The van der Waals surface area contributed by atoms with Gasteiger partial charge >= 0.3 is 0 Å². The highest BCUT2D eigenvalue weighted by molar-refractivity contribution is 6.35. The number of carbonyl (C=O) groups is 2. The molecule has 0 spiro atoms. The number of carbonyl (C=O) groups excluding carboxylic acids is 2. The summed E-state index contributed by atoms with van der Waals surface area (Å²) in [5.74, 6) is 0.510. The van der Waals surface area contributed by atoms with E-state index in [1.54, 1.807) is 67.6 Å². The molecule has 3 aromatic carbocycles. The number of fused-ring (bicyclic) bond motifs is 1. The van der Waals surface area contributed by atoms with E-state index in [0.717, 1.165) is 0 Å². The van der Waals surface area contributed by atoms with Crippen LogP contribution in [0.15, 0.2) is 60.4 Å². The Bertz CT molecular complexity index is 1230. The second-order valence-corrected chi connectivity index (χ2v) is 8.22. The van der Waals surface area contributed by atoms with E-state index in [4.69, 9.17) is 44.3 Å². The number of Topliss-reactive ketones (excluding diaryl/α,β-unsaturated/α-hetero) is 2. The fraction of sp³-hybridized carbons (Fsp3) is 0.0833. The first-order valence-corrected chi connectivity index (χ1v) is 10.4. The highest BCUT2D eigenvalue weighted by atomic mass is 35.5. The number of benzene rings is 3. The van der Waals surface area contributed by atoms with Crippen molar-refractivity contribution in [3.8, 4) is 11.5 Å². The maximum Gasteiger partial charge on any atom is 0.232 e. The number of aryl methyl sites for hydroxylation is 1. The standard InChI is InChI=1S/C24H15Cl3O4/c1-13-8-18(30-12-20(28)14-2-5-16(25)6-3-14)11-21-23(13)24(29)22(31-21)9-15-4-7-17(26)10-19(15)27/h2-11H,12H2,1H3/b22-9-. The average Bonchev–Trinajstić information content (AvgIpc) is 3.04. The molecule has 1 aliphatic rings. The van der Waals surface area contributed by atoms with Crippen LogP contribution in [0.5, 0.6) is 11.5 Å². The summed E-state index contributed by atoms with van der Waals surface area (Å²) in [5.41, 5.74) is 2.25. The molecule has 4 rings (SSSR count). The number of rotatable bonds is 5. The molecule has 0 bridgehead atoms. The summed E-state index contributed by atoms with van der Waals surface area (Å²) < 4.78 is 11.4. The molecule has 0 fully saturated rings. The van der Waals surface area contributed by atoms with Crippen LogP contribution in [0.1, 0.15) is 31.8 Å². The summed E-state index contributed by atoms with van der Waals surface area (Å²) >= 11 is 18.0. The molecule has 0 aliphatic carbocycles.